The highest BCUT2D eigenvalue weighted by Gasteiger charge is 2.20. The normalized spacial score (nSPS) is 20.7. The van der Waals surface area contributed by atoms with E-state index in [2.05, 4.69) is 11.9 Å². The van der Waals surface area contributed by atoms with E-state index >= 15 is 0 Å². The number of nitrogens with zero attached hydrogens (tertiary/aromatic N) is 1. The molecule has 1 aromatic rings. The summed E-state index contributed by atoms with van der Waals surface area (Å²) in [6.45, 7) is 2.20. The topological polar surface area (TPSA) is 29.5 Å². The van der Waals surface area contributed by atoms with Crippen molar-refractivity contribution in [1.29, 1.82) is 0 Å². The first-order valence-corrected chi connectivity index (χ1v) is 6.55. The zero-order chi connectivity index (χ0) is 13.0. The Labute approximate surface area is 109 Å². The molecule has 18 heavy (non-hydrogen) atoms. The molecule has 1 saturated heterocycles. The quantitative estimate of drug-likeness (QED) is 0.766. The van der Waals surface area contributed by atoms with Crippen molar-refractivity contribution >= 4 is 5.78 Å². The molecule has 3 nitrogen and oxygen atoms in total. The molecule has 0 N–H and O–H groups in total. The maximum atomic E-state index is 12.2. The van der Waals surface area contributed by atoms with Gasteiger partial charge in [0.1, 0.15) is 5.75 Å². The van der Waals surface area contributed by atoms with Gasteiger partial charge in [-0.3, -0.25) is 4.79 Å². The molecule has 1 heterocycles. The average Bonchev–Trinajstić information content (AvgIpc) is 2.39. The van der Waals surface area contributed by atoms with Gasteiger partial charge in [-0.05, 0) is 56.6 Å². The first-order chi connectivity index (χ1) is 8.69. The molecule has 0 bridgehead atoms. The highest BCUT2D eigenvalue weighted by atomic mass is 16.5. The predicted molar refractivity (Wildman–Crippen MR) is 72.2 cm³/mol. The molecular weight excluding hydrogens is 226 g/mol. The van der Waals surface area contributed by atoms with Crippen molar-refractivity contribution in [1.82, 2.24) is 4.90 Å². The van der Waals surface area contributed by atoms with Crippen LogP contribution in [0, 0.1) is 5.92 Å². The minimum absolute atomic E-state index is 0.248. The number of ketones is 1. The summed E-state index contributed by atoms with van der Waals surface area (Å²) in [6, 6.07) is 7.40. The summed E-state index contributed by atoms with van der Waals surface area (Å²) in [7, 11) is 3.76. The van der Waals surface area contributed by atoms with Gasteiger partial charge in [0.2, 0.25) is 0 Å². The fourth-order valence-electron chi connectivity index (χ4n) is 2.60. The number of methoxy groups -OCH3 is 1. The number of likely N-dealkylation sites (tertiary alicyclic amines) is 1. The molecular formula is C15H21NO2. The van der Waals surface area contributed by atoms with Crippen LogP contribution in [0.5, 0.6) is 5.75 Å². The number of carbonyl (C=O) groups excluding carboxylic acids is 1. The van der Waals surface area contributed by atoms with Gasteiger partial charge in [0.15, 0.2) is 5.78 Å². The zero-order valence-corrected chi connectivity index (χ0v) is 11.2. The van der Waals surface area contributed by atoms with E-state index in [-0.39, 0.29) is 5.78 Å². The van der Waals surface area contributed by atoms with Gasteiger partial charge in [-0.1, -0.05) is 0 Å². The van der Waals surface area contributed by atoms with E-state index in [1.807, 2.05) is 24.3 Å². The lowest BCUT2D eigenvalue weighted by Gasteiger charge is -2.29. The van der Waals surface area contributed by atoms with Gasteiger partial charge in [-0.2, -0.15) is 0 Å². The number of ether oxygens (including phenoxy) is 1. The second-order valence-corrected chi connectivity index (χ2v) is 5.13. The van der Waals surface area contributed by atoms with Crippen LogP contribution in [0.1, 0.15) is 29.6 Å². The molecule has 1 aromatic carbocycles. The summed E-state index contributed by atoms with van der Waals surface area (Å²) >= 11 is 0. The third-order valence-corrected chi connectivity index (χ3v) is 3.61. The Bertz CT molecular complexity index is 399. The van der Waals surface area contributed by atoms with Gasteiger partial charge in [0, 0.05) is 18.5 Å². The third kappa shape index (κ3) is 3.33. The van der Waals surface area contributed by atoms with E-state index in [1.54, 1.807) is 7.11 Å². The summed E-state index contributed by atoms with van der Waals surface area (Å²) in [6.07, 6.45) is 3.04. The van der Waals surface area contributed by atoms with Gasteiger partial charge in [-0.25, -0.2) is 0 Å². The first-order valence-electron chi connectivity index (χ1n) is 6.55. The Balaban J connectivity index is 1.94. The number of hydrogen-bond acceptors (Lipinski definition) is 3. The summed E-state index contributed by atoms with van der Waals surface area (Å²) in [4.78, 5) is 14.5. The van der Waals surface area contributed by atoms with Crippen LogP contribution in [0.3, 0.4) is 0 Å². The van der Waals surface area contributed by atoms with Gasteiger partial charge in [0.05, 0.1) is 7.11 Å². The van der Waals surface area contributed by atoms with E-state index in [9.17, 15) is 4.79 Å². The third-order valence-electron chi connectivity index (χ3n) is 3.61. The lowest BCUT2D eigenvalue weighted by Crippen LogP contribution is -2.33. The fraction of sp³-hybridized carbons (Fsp3) is 0.533. The van der Waals surface area contributed by atoms with Crippen molar-refractivity contribution in [3.05, 3.63) is 29.8 Å². The second-order valence-electron chi connectivity index (χ2n) is 5.13. The van der Waals surface area contributed by atoms with Crippen molar-refractivity contribution in [2.75, 3.05) is 27.2 Å². The summed E-state index contributed by atoms with van der Waals surface area (Å²) in [5, 5.41) is 0. The van der Waals surface area contributed by atoms with Gasteiger partial charge in [0.25, 0.3) is 0 Å². The minimum Gasteiger partial charge on any atom is -0.497 e. The Kier molecular flexibility index (Phi) is 4.37. The number of carbonyl (C=O) groups is 1. The number of piperidine rings is 1. The molecule has 1 aliphatic heterocycles. The molecule has 0 spiro atoms. The van der Waals surface area contributed by atoms with E-state index < -0.39 is 0 Å². The summed E-state index contributed by atoms with van der Waals surface area (Å²) < 4.78 is 5.09. The van der Waals surface area contributed by atoms with Crippen molar-refractivity contribution in [3.8, 4) is 5.75 Å². The molecule has 1 unspecified atom stereocenters. The molecule has 1 aliphatic rings. The van der Waals surface area contributed by atoms with E-state index in [0.717, 1.165) is 24.4 Å². The predicted octanol–water partition coefficient (Wildman–Crippen LogP) is 2.61. The van der Waals surface area contributed by atoms with Crippen LogP contribution in [0.25, 0.3) is 0 Å². The molecule has 0 saturated carbocycles. The SMILES string of the molecule is COc1ccc(C(=O)CC2CCCN(C)C2)cc1. The van der Waals surface area contributed by atoms with Crippen molar-refractivity contribution in [3.63, 3.8) is 0 Å². The second kappa shape index (κ2) is 6.01. The van der Waals surface area contributed by atoms with E-state index in [1.165, 1.54) is 12.8 Å². The number of benzene rings is 1. The first kappa shape index (κ1) is 13.1. The fourth-order valence-corrected chi connectivity index (χ4v) is 2.60. The summed E-state index contributed by atoms with van der Waals surface area (Å²) in [5.74, 6) is 1.56. The number of Topliss-reactive ketones (excluding diaryl/α,β-unsaturated/α-hetero) is 1. The summed E-state index contributed by atoms with van der Waals surface area (Å²) in [5.41, 5.74) is 0.795. The van der Waals surface area contributed by atoms with Gasteiger partial charge < -0.3 is 9.64 Å². The Morgan fingerprint density at radius 1 is 1.39 bits per heavy atom. The van der Waals surface area contributed by atoms with Crippen LogP contribution < -0.4 is 4.74 Å². The molecule has 1 atom stereocenters. The number of rotatable bonds is 4. The van der Waals surface area contributed by atoms with Crippen molar-refractivity contribution < 1.29 is 9.53 Å². The van der Waals surface area contributed by atoms with Gasteiger partial charge >= 0.3 is 0 Å². The molecule has 2 rings (SSSR count). The molecule has 0 aliphatic carbocycles. The van der Waals surface area contributed by atoms with Crippen LogP contribution >= 0.6 is 0 Å². The zero-order valence-electron chi connectivity index (χ0n) is 11.2. The highest BCUT2D eigenvalue weighted by Crippen LogP contribution is 2.21. The molecule has 0 amide bonds. The standard InChI is InChI=1S/C15H21NO2/c1-16-9-3-4-12(11-16)10-15(17)13-5-7-14(18-2)8-6-13/h5-8,12H,3-4,9-11H2,1-2H3. The molecule has 0 radical (unpaired) electrons. The monoisotopic (exact) mass is 247 g/mol. The Morgan fingerprint density at radius 3 is 2.72 bits per heavy atom. The van der Waals surface area contributed by atoms with Crippen molar-refractivity contribution in [2.45, 2.75) is 19.3 Å². The highest BCUT2D eigenvalue weighted by molar-refractivity contribution is 5.96. The molecule has 0 aromatic heterocycles. The van der Waals surface area contributed by atoms with Crippen LogP contribution in [-0.2, 0) is 0 Å². The van der Waals surface area contributed by atoms with Crippen LogP contribution in [0.2, 0.25) is 0 Å². The minimum atomic E-state index is 0.248. The largest absolute Gasteiger partial charge is 0.497 e. The molecule has 1 fully saturated rings. The smallest absolute Gasteiger partial charge is 0.163 e. The van der Waals surface area contributed by atoms with Crippen molar-refractivity contribution in [2.24, 2.45) is 5.92 Å². The number of hydrogen-bond donors (Lipinski definition) is 0. The van der Waals surface area contributed by atoms with Crippen LogP contribution in [0.15, 0.2) is 24.3 Å². The lowest BCUT2D eigenvalue weighted by molar-refractivity contribution is 0.0930. The van der Waals surface area contributed by atoms with Crippen LogP contribution in [0.4, 0.5) is 0 Å². The maximum absolute atomic E-state index is 12.2. The average molecular weight is 247 g/mol. The lowest BCUT2D eigenvalue weighted by atomic mass is 9.91. The van der Waals surface area contributed by atoms with Crippen LogP contribution in [-0.4, -0.2) is 37.9 Å². The Hall–Kier alpha value is -1.35. The maximum Gasteiger partial charge on any atom is 0.163 e. The Morgan fingerprint density at radius 2 is 2.11 bits per heavy atom. The molecule has 98 valence electrons. The van der Waals surface area contributed by atoms with Gasteiger partial charge in [-0.15, -0.1) is 0 Å². The van der Waals surface area contributed by atoms with E-state index in [0.29, 0.717) is 12.3 Å². The van der Waals surface area contributed by atoms with E-state index in [4.69, 9.17) is 4.74 Å². The molecule has 3 heteroatoms.